The lowest BCUT2D eigenvalue weighted by Crippen LogP contribution is -2.63. The molecule has 0 spiro atoms. The lowest BCUT2D eigenvalue weighted by atomic mass is 9.89. The maximum Gasteiger partial charge on any atom is 0.414 e. The number of carbonyl (C=O) groups is 2. The number of aliphatic imine (C=N–C) groups is 1. The van der Waals surface area contributed by atoms with Crippen molar-refractivity contribution in [1.82, 2.24) is 15.2 Å². The first kappa shape index (κ1) is 15.6. The summed E-state index contributed by atoms with van der Waals surface area (Å²) in [6.45, 7) is 9.14. The van der Waals surface area contributed by atoms with Gasteiger partial charge in [0.05, 0.1) is 5.71 Å². The fourth-order valence-electron chi connectivity index (χ4n) is 2.92. The van der Waals surface area contributed by atoms with Gasteiger partial charge in [0.2, 0.25) is 11.9 Å². The van der Waals surface area contributed by atoms with Crippen LogP contribution in [0.3, 0.4) is 0 Å². The normalized spacial score (nSPS) is 24.3. The molecule has 1 atom stereocenters. The Labute approximate surface area is 135 Å². The van der Waals surface area contributed by atoms with E-state index in [-0.39, 0.29) is 17.4 Å². The first-order valence-electron chi connectivity index (χ1n) is 7.90. The minimum absolute atomic E-state index is 0.107. The highest BCUT2D eigenvalue weighted by Gasteiger charge is 2.53. The van der Waals surface area contributed by atoms with Crippen molar-refractivity contribution in [3.05, 3.63) is 0 Å². The van der Waals surface area contributed by atoms with Crippen LogP contribution in [0, 0.1) is 5.41 Å². The van der Waals surface area contributed by atoms with E-state index in [9.17, 15) is 9.59 Å². The van der Waals surface area contributed by atoms with E-state index in [1.165, 1.54) is 9.80 Å². The average Bonchev–Trinajstić information content (AvgIpc) is 2.87. The van der Waals surface area contributed by atoms with Crippen LogP contribution >= 0.6 is 0 Å². The maximum atomic E-state index is 12.8. The molecule has 8 heteroatoms. The zero-order valence-corrected chi connectivity index (χ0v) is 14.3. The van der Waals surface area contributed by atoms with Crippen molar-refractivity contribution in [3.63, 3.8) is 0 Å². The van der Waals surface area contributed by atoms with Gasteiger partial charge in [-0.3, -0.25) is 14.6 Å². The molecule has 124 valence electrons. The number of likely N-dealkylation sites (N-methyl/N-ethyl adjacent to an activating group) is 1. The van der Waals surface area contributed by atoms with E-state index in [0.717, 1.165) is 12.1 Å². The van der Waals surface area contributed by atoms with Crippen molar-refractivity contribution in [2.24, 2.45) is 15.5 Å². The van der Waals surface area contributed by atoms with E-state index in [2.05, 4.69) is 36.3 Å². The van der Waals surface area contributed by atoms with Crippen molar-refractivity contribution < 1.29 is 14.2 Å². The Morgan fingerprint density at radius 3 is 2.65 bits per heavy atom. The van der Waals surface area contributed by atoms with Crippen molar-refractivity contribution in [3.8, 4) is 0 Å². The third-order valence-corrected chi connectivity index (χ3v) is 4.33. The van der Waals surface area contributed by atoms with Crippen molar-refractivity contribution >= 4 is 29.4 Å². The molecule has 0 saturated carbocycles. The van der Waals surface area contributed by atoms with Gasteiger partial charge in [-0.15, -0.1) is 5.10 Å². The van der Waals surface area contributed by atoms with Crippen LogP contribution in [0.5, 0.6) is 0 Å². The smallest absolute Gasteiger partial charge is 0.270 e. The van der Waals surface area contributed by atoms with Gasteiger partial charge in [-0.05, 0) is 6.42 Å². The summed E-state index contributed by atoms with van der Waals surface area (Å²) in [5.74, 6) is 0.796. The number of carbonyl (C=O) groups excluding carboxylic acids is 2. The molecule has 1 saturated heterocycles. The molecule has 3 heterocycles. The number of nitrogens with zero attached hydrogens (tertiary/aromatic N) is 5. The number of guanidine groups is 1. The fourth-order valence-corrected chi connectivity index (χ4v) is 2.92. The minimum Gasteiger partial charge on any atom is -0.270 e. The first-order valence-corrected chi connectivity index (χ1v) is 7.90. The third kappa shape index (κ3) is 2.32. The highest BCUT2D eigenvalue weighted by Crippen LogP contribution is 2.24. The number of hydrogen-bond acceptors (Lipinski definition) is 5. The van der Waals surface area contributed by atoms with Gasteiger partial charge in [-0.1, -0.05) is 32.7 Å². The van der Waals surface area contributed by atoms with Crippen molar-refractivity contribution in [2.75, 3.05) is 20.1 Å². The van der Waals surface area contributed by atoms with Gasteiger partial charge in [-0.2, -0.15) is 5.43 Å². The standard InChI is InChI=1S/C15H22N6O2/c1-6-7-20-12(22)10-11(19(5)14(20)23)16-13-18-17-9(8-21(10)13)15(2,3)4/h10H,6-8H2,1-5H3/p+1. The van der Waals surface area contributed by atoms with Crippen LogP contribution in [0.2, 0.25) is 0 Å². The van der Waals surface area contributed by atoms with E-state index in [1.807, 2.05) is 11.5 Å². The number of urea groups is 1. The summed E-state index contributed by atoms with van der Waals surface area (Å²) in [6.07, 6.45) is 0.730. The number of fused-ring (bicyclic) bond motifs is 2. The van der Waals surface area contributed by atoms with Crippen LogP contribution in [0.15, 0.2) is 10.1 Å². The number of amides is 3. The zero-order chi connectivity index (χ0) is 16.9. The molecule has 1 N–H and O–H groups in total. The minimum atomic E-state index is -0.556. The highest BCUT2D eigenvalue weighted by atomic mass is 16.2. The second kappa shape index (κ2) is 5.14. The van der Waals surface area contributed by atoms with E-state index in [1.54, 1.807) is 7.05 Å². The molecule has 3 amide bonds. The van der Waals surface area contributed by atoms with Gasteiger partial charge < -0.3 is 0 Å². The van der Waals surface area contributed by atoms with Crippen LogP contribution in [-0.2, 0) is 4.79 Å². The monoisotopic (exact) mass is 319 g/mol. The fraction of sp³-hybridized carbons (Fsp3) is 0.667. The number of rotatable bonds is 2. The molecule has 3 rings (SSSR count). The molecule has 23 heavy (non-hydrogen) atoms. The molecule has 0 aliphatic carbocycles. The Morgan fingerprint density at radius 1 is 1.35 bits per heavy atom. The number of nitrogens with one attached hydrogen (secondary N) is 1. The molecule has 1 fully saturated rings. The summed E-state index contributed by atoms with van der Waals surface area (Å²) in [5, 5.41) is 4.38. The maximum absolute atomic E-state index is 12.8. The quantitative estimate of drug-likeness (QED) is 0.750. The molecular formula is C15H23N6O2+. The first-order chi connectivity index (χ1) is 10.8. The number of hydrazone groups is 1. The predicted molar refractivity (Wildman–Crippen MR) is 86.5 cm³/mol. The largest absolute Gasteiger partial charge is 0.414 e. The van der Waals surface area contributed by atoms with E-state index >= 15 is 0 Å². The zero-order valence-electron chi connectivity index (χ0n) is 14.3. The second-order valence-corrected chi connectivity index (χ2v) is 7.08. The second-order valence-electron chi connectivity index (χ2n) is 7.08. The molecule has 0 aromatic carbocycles. The molecule has 1 unspecified atom stereocenters. The summed E-state index contributed by atoms with van der Waals surface area (Å²) in [7, 11) is 1.66. The van der Waals surface area contributed by atoms with Crippen LogP contribution in [0.4, 0.5) is 4.79 Å². The van der Waals surface area contributed by atoms with Gasteiger partial charge in [0.25, 0.3) is 5.91 Å². The van der Waals surface area contributed by atoms with Crippen LogP contribution < -0.4 is 5.43 Å². The summed E-state index contributed by atoms with van der Waals surface area (Å²) >= 11 is 0. The van der Waals surface area contributed by atoms with Gasteiger partial charge >= 0.3 is 12.0 Å². The van der Waals surface area contributed by atoms with Crippen molar-refractivity contribution in [2.45, 2.75) is 40.2 Å². The van der Waals surface area contributed by atoms with E-state index in [4.69, 9.17) is 0 Å². The Kier molecular flexibility index (Phi) is 3.50. The van der Waals surface area contributed by atoms with Gasteiger partial charge in [0, 0.05) is 19.0 Å². The highest BCUT2D eigenvalue weighted by molar-refractivity contribution is 6.23. The van der Waals surface area contributed by atoms with Crippen LogP contribution in [-0.4, -0.2) is 70.0 Å². The van der Waals surface area contributed by atoms with E-state index in [0.29, 0.717) is 24.9 Å². The average molecular weight is 319 g/mol. The third-order valence-electron chi connectivity index (χ3n) is 4.33. The van der Waals surface area contributed by atoms with E-state index < -0.39 is 6.04 Å². The van der Waals surface area contributed by atoms with Crippen LogP contribution in [0.25, 0.3) is 0 Å². The Hall–Kier alpha value is -2.25. The molecular weight excluding hydrogens is 296 g/mol. The van der Waals surface area contributed by atoms with Gasteiger partial charge in [0.1, 0.15) is 6.54 Å². The van der Waals surface area contributed by atoms with Gasteiger partial charge in [0.15, 0.2) is 0 Å². The molecule has 0 radical (unpaired) electrons. The molecule has 3 aliphatic rings. The number of amidine groups is 1. The van der Waals surface area contributed by atoms with Crippen LogP contribution in [0.1, 0.15) is 34.1 Å². The summed E-state index contributed by atoms with van der Waals surface area (Å²) in [5.41, 5.74) is 3.77. The lowest BCUT2D eigenvalue weighted by molar-refractivity contribution is -0.525. The molecule has 8 nitrogen and oxygen atoms in total. The number of imide groups is 1. The molecule has 0 aromatic rings. The summed E-state index contributed by atoms with van der Waals surface area (Å²) < 4.78 is 1.90. The van der Waals surface area contributed by atoms with Crippen molar-refractivity contribution in [1.29, 1.82) is 0 Å². The molecule has 3 aliphatic heterocycles. The Balaban J connectivity index is 1.94. The topological polar surface area (TPSA) is 80.4 Å². The molecule has 0 bridgehead atoms. The number of hydrogen-bond donors (Lipinski definition) is 1. The molecule has 0 aromatic heterocycles. The SMILES string of the molecule is CCCN1C(=O)C2C(=NC3=[N+]2CC(C(C)(C)C)=NN3)N(C)C1=O. The Morgan fingerprint density at radius 2 is 2.04 bits per heavy atom. The Bertz CT molecular complexity index is 670. The predicted octanol–water partition coefficient (Wildman–Crippen LogP) is 0.445. The summed E-state index contributed by atoms with van der Waals surface area (Å²) in [6, 6.07) is -0.871. The summed E-state index contributed by atoms with van der Waals surface area (Å²) in [4.78, 5) is 32.4. The van der Waals surface area contributed by atoms with Gasteiger partial charge in [-0.25, -0.2) is 9.37 Å². The lowest BCUT2D eigenvalue weighted by Gasteiger charge is -2.34.